The Labute approximate surface area is 189 Å². The zero-order chi connectivity index (χ0) is 22.2. The van der Waals surface area contributed by atoms with E-state index in [9.17, 15) is 9.59 Å². The lowest BCUT2D eigenvalue weighted by atomic mass is 10.2. The number of anilines is 1. The summed E-state index contributed by atoms with van der Waals surface area (Å²) in [5.74, 6) is 0.358. The average molecular weight is 456 g/mol. The minimum absolute atomic E-state index is 0.150. The van der Waals surface area contributed by atoms with Gasteiger partial charge in [-0.2, -0.15) is 0 Å². The van der Waals surface area contributed by atoms with E-state index in [1.54, 1.807) is 48.5 Å². The fourth-order valence-corrected chi connectivity index (χ4v) is 3.72. The maximum atomic E-state index is 12.4. The Morgan fingerprint density at radius 3 is 2.68 bits per heavy atom. The van der Waals surface area contributed by atoms with Gasteiger partial charge in [-0.1, -0.05) is 53.7 Å². The van der Waals surface area contributed by atoms with Crippen LogP contribution in [0.15, 0.2) is 66.3 Å². The standard InChI is InChI=1S/C22H22ClN5O2S/c1-3-12-28-19(13-24-21(30)16-8-5-4-6-9-16)26-27-22(28)31-14-20(29)25-18-11-7-10-17(23)15(18)2/h3-11H,1,12-14H2,2H3,(H,24,30)(H,25,29). The van der Waals surface area contributed by atoms with Crippen LogP contribution in [0.4, 0.5) is 5.69 Å². The summed E-state index contributed by atoms with van der Waals surface area (Å²) in [5, 5.41) is 15.2. The van der Waals surface area contributed by atoms with E-state index in [1.165, 1.54) is 11.8 Å². The number of carbonyl (C=O) groups excluding carboxylic acids is 2. The number of amides is 2. The van der Waals surface area contributed by atoms with Gasteiger partial charge in [-0.25, -0.2) is 0 Å². The molecule has 3 aromatic rings. The maximum Gasteiger partial charge on any atom is 0.251 e. The molecular weight excluding hydrogens is 434 g/mol. The Kier molecular flexibility index (Phi) is 7.86. The van der Waals surface area contributed by atoms with E-state index in [0.29, 0.717) is 33.8 Å². The molecule has 2 amide bonds. The number of nitrogens with zero attached hydrogens (tertiary/aromatic N) is 3. The summed E-state index contributed by atoms with van der Waals surface area (Å²) in [6.07, 6.45) is 1.71. The number of hydrogen-bond acceptors (Lipinski definition) is 5. The van der Waals surface area contributed by atoms with Crippen molar-refractivity contribution >= 4 is 40.9 Å². The first-order valence-corrected chi connectivity index (χ1v) is 10.9. The molecule has 0 spiro atoms. The summed E-state index contributed by atoms with van der Waals surface area (Å²) >= 11 is 7.36. The highest BCUT2D eigenvalue weighted by molar-refractivity contribution is 7.99. The molecule has 1 heterocycles. The summed E-state index contributed by atoms with van der Waals surface area (Å²) in [4.78, 5) is 24.7. The fourth-order valence-electron chi connectivity index (χ4n) is 2.78. The molecule has 0 unspecified atom stereocenters. The highest BCUT2D eigenvalue weighted by Crippen LogP contribution is 2.24. The van der Waals surface area contributed by atoms with Crippen LogP contribution in [0.5, 0.6) is 0 Å². The van der Waals surface area contributed by atoms with Gasteiger partial charge in [-0.15, -0.1) is 16.8 Å². The Bertz CT molecular complexity index is 1080. The Morgan fingerprint density at radius 1 is 1.16 bits per heavy atom. The van der Waals surface area contributed by atoms with E-state index in [2.05, 4.69) is 27.4 Å². The van der Waals surface area contributed by atoms with Gasteiger partial charge >= 0.3 is 0 Å². The molecule has 0 radical (unpaired) electrons. The molecule has 0 aliphatic rings. The molecule has 0 saturated carbocycles. The van der Waals surface area contributed by atoms with Crippen molar-refractivity contribution in [2.75, 3.05) is 11.1 Å². The van der Waals surface area contributed by atoms with Gasteiger partial charge < -0.3 is 15.2 Å². The number of hydrogen-bond donors (Lipinski definition) is 2. The first kappa shape index (κ1) is 22.6. The molecule has 2 N–H and O–H groups in total. The third-order valence-corrected chi connectivity index (χ3v) is 5.80. The Balaban J connectivity index is 1.61. The first-order chi connectivity index (χ1) is 15.0. The van der Waals surface area contributed by atoms with Crippen LogP contribution >= 0.6 is 23.4 Å². The smallest absolute Gasteiger partial charge is 0.251 e. The number of rotatable bonds is 9. The van der Waals surface area contributed by atoms with Gasteiger partial charge in [-0.3, -0.25) is 9.59 Å². The van der Waals surface area contributed by atoms with Crippen LogP contribution in [0.2, 0.25) is 5.02 Å². The van der Waals surface area contributed by atoms with Crippen molar-refractivity contribution in [1.29, 1.82) is 0 Å². The molecule has 9 heteroatoms. The van der Waals surface area contributed by atoms with Crippen molar-refractivity contribution in [2.24, 2.45) is 0 Å². The van der Waals surface area contributed by atoms with E-state index in [4.69, 9.17) is 11.6 Å². The SMILES string of the molecule is C=CCn1c(CNC(=O)c2ccccc2)nnc1SCC(=O)Nc1cccc(Cl)c1C. The van der Waals surface area contributed by atoms with Crippen LogP contribution in [0, 0.1) is 6.92 Å². The Morgan fingerprint density at radius 2 is 1.94 bits per heavy atom. The van der Waals surface area contributed by atoms with Crippen LogP contribution in [-0.4, -0.2) is 32.3 Å². The van der Waals surface area contributed by atoms with Crippen LogP contribution < -0.4 is 10.6 Å². The van der Waals surface area contributed by atoms with Crippen molar-refractivity contribution in [2.45, 2.75) is 25.2 Å². The maximum absolute atomic E-state index is 12.4. The second-order valence-corrected chi connectivity index (χ2v) is 7.95. The predicted octanol–water partition coefficient (Wildman–Crippen LogP) is 4.09. The zero-order valence-electron chi connectivity index (χ0n) is 17.0. The van der Waals surface area contributed by atoms with Gasteiger partial charge in [-0.05, 0) is 36.8 Å². The fraction of sp³-hybridized carbons (Fsp3) is 0.182. The third kappa shape index (κ3) is 5.96. The van der Waals surface area contributed by atoms with E-state index >= 15 is 0 Å². The minimum Gasteiger partial charge on any atom is -0.345 e. The average Bonchev–Trinajstić information content (AvgIpc) is 3.16. The molecule has 0 aliphatic heterocycles. The molecule has 31 heavy (non-hydrogen) atoms. The van der Waals surface area contributed by atoms with Crippen molar-refractivity contribution in [1.82, 2.24) is 20.1 Å². The van der Waals surface area contributed by atoms with Gasteiger partial charge in [0.05, 0.1) is 12.3 Å². The number of nitrogens with one attached hydrogen (secondary N) is 2. The summed E-state index contributed by atoms with van der Waals surface area (Å²) in [6.45, 7) is 6.28. The molecule has 0 aliphatic carbocycles. The predicted molar refractivity (Wildman–Crippen MR) is 123 cm³/mol. The molecule has 3 rings (SSSR count). The Hall–Kier alpha value is -3.10. The van der Waals surface area contributed by atoms with E-state index < -0.39 is 0 Å². The highest BCUT2D eigenvalue weighted by atomic mass is 35.5. The monoisotopic (exact) mass is 455 g/mol. The topological polar surface area (TPSA) is 88.9 Å². The number of thioether (sulfide) groups is 1. The van der Waals surface area contributed by atoms with Crippen molar-refractivity contribution in [3.05, 3.63) is 83.2 Å². The molecule has 160 valence electrons. The number of aromatic nitrogens is 3. The molecule has 1 aromatic heterocycles. The van der Waals surface area contributed by atoms with Crippen LogP contribution in [-0.2, 0) is 17.9 Å². The number of carbonyl (C=O) groups is 2. The number of halogens is 1. The lowest BCUT2D eigenvalue weighted by Crippen LogP contribution is -2.24. The molecule has 0 fully saturated rings. The second-order valence-electron chi connectivity index (χ2n) is 6.60. The van der Waals surface area contributed by atoms with Crippen molar-refractivity contribution in [3.63, 3.8) is 0 Å². The van der Waals surface area contributed by atoms with Gasteiger partial charge in [0.15, 0.2) is 11.0 Å². The molecule has 0 atom stereocenters. The van der Waals surface area contributed by atoms with Gasteiger partial charge in [0.25, 0.3) is 5.91 Å². The largest absolute Gasteiger partial charge is 0.345 e. The first-order valence-electron chi connectivity index (χ1n) is 9.53. The quantitative estimate of drug-likeness (QED) is 0.375. The summed E-state index contributed by atoms with van der Waals surface area (Å²) < 4.78 is 1.82. The molecule has 2 aromatic carbocycles. The van der Waals surface area contributed by atoms with Crippen molar-refractivity contribution in [3.8, 4) is 0 Å². The second kappa shape index (κ2) is 10.8. The highest BCUT2D eigenvalue weighted by Gasteiger charge is 2.15. The number of benzene rings is 2. The van der Waals surface area contributed by atoms with Gasteiger partial charge in [0.2, 0.25) is 5.91 Å². The normalized spacial score (nSPS) is 10.5. The summed E-state index contributed by atoms with van der Waals surface area (Å²) in [7, 11) is 0. The molecule has 0 saturated heterocycles. The minimum atomic E-state index is -0.195. The molecule has 7 nitrogen and oxygen atoms in total. The third-order valence-electron chi connectivity index (χ3n) is 4.42. The molecular formula is C22H22ClN5O2S. The van der Waals surface area contributed by atoms with Gasteiger partial charge in [0.1, 0.15) is 0 Å². The lowest BCUT2D eigenvalue weighted by Gasteiger charge is -2.10. The number of allylic oxidation sites excluding steroid dienone is 1. The summed E-state index contributed by atoms with van der Waals surface area (Å²) in [6, 6.07) is 14.3. The van der Waals surface area contributed by atoms with Crippen molar-refractivity contribution < 1.29 is 9.59 Å². The van der Waals surface area contributed by atoms with E-state index in [0.717, 1.165) is 5.56 Å². The zero-order valence-corrected chi connectivity index (χ0v) is 18.5. The van der Waals surface area contributed by atoms with E-state index in [-0.39, 0.29) is 24.1 Å². The van der Waals surface area contributed by atoms with Crippen LogP contribution in [0.1, 0.15) is 21.7 Å². The lowest BCUT2D eigenvalue weighted by molar-refractivity contribution is -0.113. The van der Waals surface area contributed by atoms with Crippen LogP contribution in [0.3, 0.4) is 0 Å². The van der Waals surface area contributed by atoms with E-state index in [1.807, 2.05) is 17.6 Å². The molecule has 0 bridgehead atoms. The van der Waals surface area contributed by atoms with Gasteiger partial charge in [0, 0.05) is 22.8 Å². The van der Waals surface area contributed by atoms with Crippen LogP contribution in [0.25, 0.3) is 0 Å². The summed E-state index contributed by atoms with van der Waals surface area (Å²) in [5.41, 5.74) is 2.06.